The van der Waals surface area contributed by atoms with E-state index in [1.54, 1.807) is 30.5 Å². The van der Waals surface area contributed by atoms with Crippen molar-refractivity contribution in [3.63, 3.8) is 0 Å². The highest BCUT2D eigenvalue weighted by molar-refractivity contribution is 6.14. The minimum Gasteiger partial charge on any atom is -0.478 e. The van der Waals surface area contributed by atoms with Crippen molar-refractivity contribution in [2.75, 3.05) is 19.9 Å². The predicted octanol–water partition coefficient (Wildman–Crippen LogP) is 3.23. The third kappa shape index (κ3) is 2.71. The molecule has 0 N–H and O–H groups in total. The Bertz CT molecular complexity index is 865. The van der Waals surface area contributed by atoms with Gasteiger partial charge in [-0.05, 0) is 37.1 Å². The summed E-state index contributed by atoms with van der Waals surface area (Å²) in [4.78, 5) is 14.9. The molecule has 1 atom stereocenters. The normalized spacial score (nSPS) is 23.6. The topological polar surface area (TPSA) is 61.1 Å². The van der Waals surface area contributed by atoms with Crippen LogP contribution in [0.5, 0.6) is 11.5 Å². The maximum Gasteiger partial charge on any atom is 0.232 e. The summed E-state index contributed by atoms with van der Waals surface area (Å²) in [5, 5.41) is 0. The van der Waals surface area contributed by atoms with Crippen LogP contribution >= 0.6 is 0 Å². The third-order valence-electron chi connectivity index (χ3n) is 4.98. The number of carbonyl (C=O) groups excluding carboxylic acids is 1. The van der Waals surface area contributed by atoms with Crippen LogP contribution in [-0.4, -0.2) is 36.7 Å². The molecule has 1 aromatic carbocycles. The van der Waals surface area contributed by atoms with Gasteiger partial charge in [0.2, 0.25) is 5.78 Å². The number of fused-ring (bicyclic) bond motifs is 3. The molecule has 0 radical (unpaired) electrons. The van der Waals surface area contributed by atoms with Crippen LogP contribution in [-0.2, 0) is 11.3 Å². The molecule has 3 aliphatic heterocycles. The van der Waals surface area contributed by atoms with E-state index in [1.165, 1.54) is 0 Å². The van der Waals surface area contributed by atoms with Crippen molar-refractivity contribution in [3.8, 4) is 11.5 Å². The van der Waals surface area contributed by atoms with Crippen molar-refractivity contribution in [1.29, 1.82) is 0 Å². The number of hydrogen-bond donors (Lipinski definition) is 0. The van der Waals surface area contributed by atoms with E-state index in [9.17, 15) is 4.79 Å². The van der Waals surface area contributed by atoms with E-state index >= 15 is 0 Å². The maximum atomic E-state index is 12.7. The Balaban J connectivity index is 1.42. The maximum absolute atomic E-state index is 12.7. The smallest absolute Gasteiger partial charge is 0.232 e. The highest BCUT2D eigenvalue weighted by Crippen LogP contribution is 2.42. The van der Waals surface area contributed by atoms with Crippen LogP contribution in [0.25, 0.3) is 6.08 Å². The quantitative estimate of drug-likeness (QED) is 0.790. The Kier molecular flexibility index (Phi) is 3.80. The number of benzene rings is 1. The summed E-state index contributed by atoms with van der Waals surface area (Å²) in [5.74, 6) is 2.11. The molecule has 0 amide bonds. The lowest BCUT2D eigenvalue weighted by Crippen LogP contribution is -2.37. The zero-order valence-corrected chi connectivity index (χ0v) is 14.3. The summed E-state index contributed by atoms with van der Waals surface area (Å²) in [7, 11) is 0. The average Bonchev–Trinajstić information content (AvgIpc) is 3.39. The summed E-state index contributed by atoms with van der Waals surface area (Å²) in [6.45, 7) is 2.87. The molecule has 3 aliphatic rings. The molecular weight excluding hydrogens is 334 g/mol. The summed E-state index contributed by atoms with van der Waals surface area (Å²) < 4.78 is 22.8. The number of ketones is 1. The Morgan fingerprint density at radius 2 is 2.23 bits per heavy atom. The average molecular weight is 353 g/mol. The van der Waals surface area contributed by atoms with Crippen molar-refractivity contribution >= 4 is 11.9 Å². The van der Waals surface area contributed by atoms with E-state index in [1.807, 2.05) is 6.07 Å². The molecule has 1 saturated heterocycles. The number of carbonyl (C=O) groups is 1. The summed E-state index contributed by atoms with van der Waals surface area (Å²) in [5.41, 5.74) is 1.49. The third-order valence-corrected chi connectivity index (χ3v) is 4.98. The molecule has 1 aromatic heterocycles. The predicted molar refractivity (Wildman–Crippen MR) is 93.0 cm³/mol. The van der Waals surface area contributed by atoms with Crippen molar-refractivity contribution in [1.82, 2.24) is 4.90 Å². The van der Waals surface area contributed by atoms with Gasteiger partial charge in [0.1, 0.15) is 24.0 Å². The number of allylic oxidation sites excluding steroid dienone is 1. The summed E-state index contributed by atoms with van der Waals surface area (Å²) >= 11 is 0. The fraction of sp³-hybridized carbons (Fsp3) is 0.350. The van der Waals surface area contributed by atoms with E-state index in [2.05, 4.69) is 4.90 Å². The molecule has 1 unspecified atom stereocenters. The molecule has 4 heterocycles. The van der Waals surface area contributed by atoms with Gasteiger partial charge < -0.3 is 18.6 Å². The van der Waals surface area contributed by atoms with Crippen molar-refractivity contribution in [3.05, 3.63) is 53.2 Å². The van der Waals surface area contributed by atoms with Crippen LogP contribution < -0.4 is 9.47 Å². The van der Waals surface area contributed by atoms with Gasteiger partial charge in [-0.2, -0.15) is 0 Å². The Morgan fingerprint density at radius 3 is 3.04 bits per heavy atom. The fourth-order valence-electron chi connectivity index (χ4n) is 3.70. The van der Waals surface area contributed by atoms with E-state index in [-0.39, 0.29) is 17.6 Å². The highest BCUT2D eigenvalue weighted by atomic mass is 16.5. The number of nitrogens with zero attached hydrogens (tertiary/aromatic N) is 1. The van der Waals surface area contributed by atoms with Gasteiger partial charge in [0, 0.05) is 25.8 Å². The molecule has 2 aromatic rings. The van der Waals surface area contributed by atoms with Crippen molar-refractivity contribution in [2.45, 2.75) is 25.5 Å². The second kappa shape index (κ2) is 6.30. The molecule has 0 bridgehead atoms. The number of hydrogen-bond acceptors (Lipinski definition) is 6. The van der Waals surface area contributed by atoms with Crippen LogP contribution in [0.2, 0.25) is 0 Å². The first kappa shape index (κ1) is 15.7. The molecule has 1 fully saturated rings. The number of furan rings is 1. The summed E-state index contributed by atoms with van der Waals surface area (Å²) in [6.07, 6.45) is 5.65. The fourth-order valence-corrected chi connectivity index (χ4v) is 3.70. The lowest BCUT2D eigenvalue weighted by Gasteiger charge is -2.31. The van der Waals surface area contributed by atoms with Gasteiger partial charge in [-0.15, -0.1) is 0 Å². The van der Waals surface area contributed by atoms with Crippen molar-refractivity contribution in [2.24, 2.45) is 0 Å². The first-order chi connectivity index (χ1) is 12.8. The van der Waals surface area contributed by atoms with Gasteiger partial charge >= 0.3 is 0 Å². The number of ether oxygens (including phenoxy) is 3. The number of Topliss-reactive ketones (excluding diaryl/α,β-unsaturated/α-hetero) is 1. The Hall–Kier alpha value is -2.57. The molecule has 134 valence electrons. The van der Waals surface area contributed by atoms with Gasteiger partial charge in [0.15, 0.2) is 5.76 Å². The molecule has 0 spiro atoms. The van der Waals surface area contributed by atoms with Crippen LogP contribution in [0.3, 0.4) is 0 Å². The minimum atomic E-state index is -0.129. The lowest BCUT2D eigenvalue weighted by molar-refractivity contribution is 0.0274. The molecule has 0 aliphatic carbocycles. The van der Waals surface area contributed by atoms with Crippen LogP contribution in [0.15, 0.2) is 40.7 Å². The first-order valence-corrected chi connectivity index (χ1v) is 8.88. The molecule has 26 heavy (non-hydrogen) atoms. The molecular formula is C20H19NO5. The summed E-state index contributed by atoms with van der Waals surface area (Å²) in [6, 6.07) is 7.19. The standard InChI is InChI=1S/C20H19NO5/c22-19-15-5-6-17-16(11-21(12-25-17)10-14-4-2-8-24-14)20(15)26-18(19)9-13-3-1-7-23-13/h1,3,5-7,9,14H,2,4,8,10-12H2/b18-9-. The van der Waals surface area contributed by atoms with Crippen molar-refractivity contribution < 1.29 is 23.4 Å². The van der Waals surface area contributed by atoms with E-state index in [0.29, 0.717) is 30.3 Å². The SMILES string of the molecule is O=C1/C(=C/c2ccco2)Oc2c1ccc1c2CN(CC2CCCO2)CO1. The van der Waals surface area contributed by atoms with E-state index in [4.69, 9.17) is 18.6 Å². The Morgan fingerprint density at radius 1 is 1.27 bits per heavy atom. The van der Waals surface area contributed by atoms with Gasteiger partial charge in [-0.1, -0.05) is 0 Å². The monoisotopic (exact) mass is 353 g/mol. The number of rotatable bonds is 3. The van der Waals surface area contributed by atoms with Gasteiger partial charge in [0.25, 0.3) is 0 Å². The molecule has 6 nitrogen and oxygen atoms in total. The second-order valence-electron chi connectivity index (χ2n) is 6.79. The molecule has 5 rings (SSSR count). The minimum absolute atomic E-state index is 0.129. The van der Waals surface area contributed by atoms with Crippen LogP contribution in [0.1, 0.15) is 34.5 Å². The zero-order chi connectivity index (χ0) is 17.5. The lowest BCUT2D eigenvalue weighted by atomic mass is 10.0. The van der Waals surface area contributed by atoms with E-state index < -0.39 is 0 Å². The molecule has 0 saturated carbocycles. The van der Waals surface area contributed by atoms with E-state index in [0.717, 1.165) is 37.3 Å². The second-order valence-corrected chi connectivity index (χ2v) is 6.79. The Labute approximate surface area is 150 Å². The first-order valence-electron chi connectivity index (χ1n) is 8.88. The van der Waals surface area contributed by atoms with Crippen LogP contribution in [0, 0.1) is 0 Å². The zero-order valence-electron chi connectivity index (χ0n) is 14.3. The van der Waals surface area contributed by atoms with Gasteiger partial charge in [-0.3, -0.25) is 9.69 Å². The van der Waals surface area contributed by atoms with Gasteiger partial charge in [0.05, 0.1) is 23.5 Å². The van der Waals surface area contributed by atoms with Crippen LogP contribution in [0.4, 0.5) is 0 Å². The molecule has 6 heteroatoms. The highest BCUT2D eigenvalue weighted by Gasteiger charge is 2.34. The van der Waals surface area contributed by atoms with Gasteiger partial charge in [-0.25, -0.2) is 0 Å². The largest absolute Gasteiger partial charge is 0.478 e.